The molecule has 0 saturated carbocycles. The third-order valence-electron chi connectivity index (χ3n) is 3.75. The number of hydrogen-bond acceptors (Lipinski definition) is 5. The monoisotopic (exact) mass is 411 g/mol. The minimum Gasteiger partial charge on any atom is -0.325 e. The van der Waals surface area contributed by atoms with Crippen LogP contribution in [0.4, 0.5) is 5.69 Å². The van der Waals surface area contributed by atoms with Gasteiger partial charge in [0.1, 0.15) is 0 Å². The Morgan fingerprint density at radius 2 is 1.75 bits per heavy atom. The fourth-order valence-electron chi connectivity index (χ4n) is 2.68. The van der Waals surface area contributed by atoms with E-state index in [2.05, 4.69) is 21.4 Å². The van der Waals surface area contributed by atoms with Gasteiger partial charge in [-0.2, -0.15) is 0 Å². The van der Waals surface area contributed by atoms with Gasteiger partial charge in [-0.25, -0.2) is 4.98 Å². The van der Waals surface area contributed by atoms with Crippen molar-refractivity contribution >= 4 is 35.1 Å². The summed E-state index contributed by atoms with van der Waals surface area (Å²) in [6, 6.07) is 17.4. The molecule has 0 saturated heterocycles. The van der Waals surface area contributed by atoms with E-state index in [-0.39, 0.29) is 17.2 Å². The zero-order chi connectivity index (χ0) is 19.9. The van der Waals surface area contributed by atoms with Crippen LogP contribution in [-0.4, -0.2) is 21.6 Å². The van der Waals surface area contributed by atoms with Gasteiger partial charge in [0.05, 0.1) is 11.4 Å². The van der Waals surface area contributed by atoms with Crippen molar-refractivity contribution in [2.75, 3.05) is 11.1 Å². The molecular formula is C21H21N3O2S2. The maximum atomic E-state index is 12.2. The molecule has 2 aromatic carbocycles. The van der Waals surface area contributed by atoms with Crippen LogP contribution in [0.1, 0.15) is 16.8 Å². The van der Waals surface area contributed by atoms with Crippen LogP contribution in [0.25, 0.3) is 0 Å². The summed E-state index contributed by atoms with van der Waals surface area (Å²) < 4.78 is 0. The first-order valence-electron chi connectivity index (χ1n) is 8.77. The summed E-state index contributed by atoms with van der Waals surface area (Å²) in [5.74, 6) is 0.628. The summed E-state index contributed by atoms with van der Waals surface area (Å²) in [5, 5.41) is 3.34. The average Bonchev–Trinajstić information content (AvgIpc) is 2.64. The SMILES string of the molecule is Cc1cc(C)cc(NC(=O)CSc2nc(CSc3ccccc3)cc(=O)[nH]2)c1. The van der Waals surface area contributed by atoms with Gasteiger partial charge in [0, 0.05) is 22.4 Å². The first-order valence-corrected chi connectivity index (χ1v) is 10.7. The molecule has 0 unspecified atom stereocenters. The summed E-state index contributed by atoms with van der Waals surface area (Å²) in [4.78, 5) is 32.4. The molecule has 0 fully saturated rings. The number of rotatable bonds is 7. The Labute approximate surface area is 172 Å². The number of nitrogens with zero attached hydrogens (tertiary/aromatic N) is 1. The summed E-state index contributed by atoms with van der Waals surface area (Å²) in [6.45, 7) is 3.98. The van der Waals surface area contributed by atoms with Crippen LogP contribution < -0.4 is 10.9 Å². The molecule has 2 N–H and O–H groups in total. The maximum Gasteiger partial charge on any atom is 0.251 e. The van der Waals surface area contributed by atoms with E-state index in [9.17, 15) is 9.59 Å². The Hall–Kier alpha value is -2.51. The summed E-state index contributed by atoms with van der Waals surface area (Å²) in [6.07, 6.45) is 0. The van der Waals surface area contributed by atoms with Crippen molar-refractivity contribution in [2.45, 2.75) is 29.7 Å². The number of thioether (sulfide) groups is 2. The van der Waals surface area contributed by atoms with Crippen molar-refractivity contribution in [2.24, 2.45) is 0 Å². The van der Waals surface area contributed by atoms with Gasteiger partial charge in [-0.3, -0.25) is 9.59 Å². The minimum absolute atomic E-state index is 0.137. The highest BCUT2D eigenvalue weighted by atomic mass is 32.2. The summed E-state index contributed by atoms with van der Waals surface area (Å²) in [7, 11) is 0. The van der Waals surface area contributed by atoms with Crippen LogP contribution in [0.3, 0.4) is 0 Å². The number of aromatic amines is 1. The molecule has 0 aliphatic rings. The average molecular weight is 412 g/mol. The smallest absolute Gasteiger partial charge is 0.251 e. The van der Waals surface area contributed by atoms with Gasteiger partial charge >= 0.3 is 0 Å². The molecule has 0 spiro atoms. The number of amides is 1. The van der Waals surface area contributed by atoms with Gasteiger partial charge in [0.25, 0.3) is 5.56 Å². The first-order chi connectivity index (χ1) is 13.5. The van der Waals surface area contributed by atoms with E-state index in [4.69, 9.17) is 0 Å². The van der Waals surface area contributed by atoms with Crippen LogP contribution in [-0.2, 0) is 10.5 Å². The number of aryl methyl sites for hydroxylation is 2. The molecule has 0 atom stereocenters. The zero-order valence-corrected chi connectivity index (χ0v) is 17.3. The lowest BCUT2D eigenvalue weighted by Gasteiger charge is -2.08. The van der Waals surface area contributed by atoms with E-state index in [1.165, 1.54) is 17.8 Å². The normalized spacial score (nSPS) is 10.6. The van der Waals surface area contributed by atoms with Gasteiger partial charge in [0.15, 0.2) is 5.16 Å². The molecule has 3 rings (SSSR count). The molecule has 1 amide bonds. The standard InChI is InChI=1S/C21H21N3O2S2/c1-14-8-15(2)10-16(9-14)22-20(26)13-28-21-23-17(11-19(25)24-21)12-27-18-6-4-3-5-7-18/h3-11H,12-13H2,1-2H3,(H,22,26)(H,23,24,25). The van der Waals surface area contributed by atoms with Crippen molar-refractivity contribution in [3.05, 3.63) is 81.8 Å². The largest absolute Gasteiger partial charge is 0.325 e. The summed E-state index contributed by atoms with van der Waals surface area (Å²) in [5.41, 5.74) is 3.44. The Morgan fingerprint density at radius 3 is 2.46 bits per heavy atom. The highest BCUT2D eigenvalue weighted by molar-refractivity contribution is 7.99. The molecule has 144 valence electrons. The Bertz CT molecular complexity index is 999. The molecule has 0 aliphatic heterocycles. The summed E-state index contributed by atoms with van der Waals surface area (Å²) >= 11 is 2.83. The van der Waals surface area contributed by atoms with Gasteiger partial charge in [0.2, 0.25) is 5.91 Å². The number of hydrogen-bond donors (Lipinski definition) is 2. The molecule has 0 aliphatic carbocycles. The lowest BCUT2D eigenvalue weighted by atomic mass is 10.1. The van der Waals surface area contributed by atoms with Crippen LogP contribution in [0, 0.1) is 13.8 Å². The lowest BCUT2D eigenvalue weighted by Crippen LogP contribution is -2.16. The van der Waals surface area contributed by atoms with Crippen molar-refractivity contribution < 1.29 is 4.79 Å². The Kier molecular flexibility index (Phi) is 6.95. The number of carbonyl (C=O) groups is 1. The number of anilines is 1. The van der Waals surface area contributed by atoms with Crippen LogP contribution in [0.15, 0.2) is 69.4 Å². The minimum atomic E-state index is -0.212. The molecule has 0 radical (unpaired) electrons. The van der Waals surface area contributed by atoms with Crippen molar-refractivity contribution in [1.82, 2.24) is 9.97 Å². The quantitative estimate of drug-likeness (QED) is 0.445. The molecule has 1 aromatic heterocycles. The fraction of sp³-hybridized carbons (Fsp3) is 0.190. The van der Waals surface area contributed by atoms with Crippen molar-refractivity contribution in [3.63, 3.8) is 0 Å². The van der Waals surface area contributed by atoms with E-state index < -0.39 is 0 Å². The second kappa shape index (κ2) is 9.61. The third kappa shape index (κ3) is 6.28. The van der Waals surface area contributed by atoms with Crippen LogP contribution >= 0.6 is 23.5 Å². The number of benzene rings is 2. The topological polar surface area (TPSA) is 74.8 Å². The van der Waals surface area contributed by atoms with Gasteiger partial charge in [-0.05, 0) is 49.2 Å². The number of nitrogens with one attached hydrogen (secondary N) is 2. The van der Waals surface area contributed by atoms with Gasteiger partial charge in [-0.15, -0.1) is 11.8 Å². The second-order valence-corrected chi connectivity index (χ2v) is 8.37. The molecule has 7 heteroatoms. The number of aromatic nitrogens is 2. The number of carbonyl (C=O) groups excluding carboxylic acids is 1. The van der Waals surface area contributed by atoms with Crippen LogP contribution in [0.2, 0.25) is 0 Å². The van der Waals surface area contributed by atoms with E-state index in [1.54, 1.807) is 11.8 Å². The lowest BCUT2D eigenvalue weighted by molar-refractivity contribution is -0.113. The third-order valence-corrected chi connectivity index (χ3v) is 5.67. The van der Waals surface area contributed by atoms with Gasteiger partial charge in [-0.1, -0.05) is 36.0 Å². The van der Waals surface area contributed by atoms with E-state index in [0.29, 0.717) is 16.6 Å². The molecular weight excluding hydrogens is 390 g/mol. The van der Waals surface area contributed by atoms with Gasteiger partial charge < -0.3 is 10.3 Å². The Balaban J connectivity index is 1.58. The Morgan fingerprint density at radius 1 is 1.04 bits per heavy atom. The van der Waals surface area contributed by atoms with Crippen molar-refractivity contribution in [1.29, 1.82) is 0 Å². The predicted octanol–water partition coefficient (Wildman–Crippen LogP) is 4.41. The highest BCUT2D eigenvalue weighted by Crippen LogP contribution is 2.22. The van der Waals surface area contributed by atoms with Crippen molar-refractivity contribution in [3.8, 4) is 0 Å². The van der Waals surface area contributed by atoms with Crippen LogP contribution in [0.5, 0.6) is 0 Å². The zero-order valence-electron chi connectivity index (χ0n) is 15.7. The first kappa shape index (κ1) is 20.2. The van der Waals surface area contributed by atoms with E-state index in [0.717, 1.165) is 21.7 Å². The van der Waals surface area contributed by atoms with E-state index in [1.807, 2.05) is 56.3 Å². The highest BCUT2D eigenvalue weighted by Gasteiger charge is 2.08. The fourth-order valence-corrected chi connectivity index (χ4v) is 4.18. The molecule has 1 heterocycles. The maximum absolute atomic E-state index is 12.2. The second-order valence-electron chi connectivity index (χ2n) is 6.36. The molecule has 0 bridgehead atoms. The molecule has 5 nitrogen and oxygen atoms in total. The number of H-pyrrole nitrogens is 1. The predicted molar refractivity (Wildman–Crippen MR) is 116 cm³/mol. The molecule has 28 heavy (non-hydrogen) atoms. The molecule has 3 aromatic rings. The van der Waals surface area contributed by atoms with E-state index >= 15 is 0 Å².